The summed E-state index contributed by atoms with van der Waals surface area (Å²) >= 11 is 0. The fourth-order valence-electron chi connectivity index (χ4n) is 2.09. The number of hydrogen-bond acceptors (Lipinski definition) is 5. The van der Waals surface area contributed by atoms with Crippen molar-refractivity contribution in [2.24, 2.45) is 0 Å². The van der Waals surface area contributed by atoms with E-state index in [1.807, 2.05) is 48.5 Å². The van der Waals surface area contributed by atoms with E-state index in [0.717, 1.165) is 22.1 Å². The first-order valence-electron chi connectivity index (χ1n) is 6.50. The molecule has 0 aliphatic heterocycles. The Balaban J connectivity index is 1.71. The molecule has 0 bridgehead atoms. The van der Waals surface area contributed by atoms with Crippen LogP contribution in [0.15, 0.2) is 60.9 Å². The molecule has 0 unspecified atom stereocenters. The van der Waals surface area contributed by atoms with Crippen molar-refractivity contribution in [3.63, 3.8) is 0 Å². The Labute approximate surface area is 120 Å². The lowest BCUT2D eigenvalue weighted by Crippen LogP contribution is -1.94. The van der Waals surface area contributed by atoms with Gasteiger partial charge < -0.3 is 4.74 Å². The summed E-state index contributed by atoms with van der Waals surface area (Å²) < 4.78 is 5.65. The Hall–Kier alpha value is -3.08. The van der Waals surface area contributed by atoms with Crippen LogP contribution in [-0.2, 0) is 0 Å². The average molecular weight is 274 g/mol. The Morgan fingerprint density at radius 3 is 1.48 bits per heavy atom. The molecule has 0 spiro atoms. The predicted octanol–water partition coefficient (Wildman–Crippen LogP) is 3.37. The molecule has 4 aromatic rings. The van der Waals surface area contributed by atoms with Gasteiger partial charge in [-0.1, -0.05) is 24.3 Å². The van der Waals surface area contributed by atoms with Gasteiger partial charge in [0.25, 0.3) is 0 Å². The number of fused-ring (bicyclic) bond motifs is 2. The Morgan fingerprint density at radius 1 is 0.571 bits per heavy atom. The van der Waals surface area contributed by atoms with Crippen LogP contribution in [0.1, 0.15) is 0 Å². The molecule has 2 heterocycles. The van der Waals surface area contributed by atoms with E-state index in [1.165, 1.54) is 0 Å². The van der Waals surface area contributed by atoms with Crippen LogP contribution in [0.25, 0.3) is 22.1 Å². The van der Waals surface area contributed by atoms with E-state index in [9.17, 15) is 0 Å². The van der Waals surface area contributed by atoms with E-state index in [-0.39, 0.29) is 0 Å². The quantitative estimate of drug-likeness (QED) is 0.561. The summed E-state index contributed by atoms with van der Waals surface area (Å²) in [6.07, 6.45) is 3.17. The first-order chi connectivity index (χ1) is 10.4. The maximum absolute atomic E-state index is 5.65. The molecule has 0 N–H and O–H groups in total. The van der Waals surface area contributed by atoms with Crippen LogP contribution in [-0.4, -0.2) is 19.9 Å². The monoisotopic (exact) mass is 274 g/mol. The van der Waals surface area contributed by atoms with Gasteiger partial charge in [0.05, 0.1) is 34.5 Å². The van der Waals surface area contributed by atoms with Gasteiger partial charge in [-0.25, -0.2) is 19.9 Å². The second-order valence-corrected chi connectivity index (χ2v) is 4.50. The largest absolute Gasteiger partial charge is 0.417 e. The van der Waals surface area contributed by atoms with Crippen LogP contribution in [0.3, 0.4) is 0 Å². The molecule has 0 atom stereocenters. The lowest BCUT2D eigenvalue weighted by molar-refractivity contribution is 0.444. The molecule has 5 nitrogen and oxygen atoms in total. The zero-order valence-corrected chi connectivity index (χ0v) is 11.0. The molecule has 0 amide bonds. The highest BCUT2D eigenvalue weighted by molar-refractivity contribution is 5.75. The summed E-state index contributed by atoms with van der Waals surface area (Å²) in [4.78, 5) is 17.4. The number of hydrogen-bond donors (Lipinski definition) is 0. The minimum atomic E-state index is 0.401. The summed E-state index contributed by atoms with van der Waals surface area (Å²) in [6, 6.07) is 15.3. The standard InChI is InChI=1S/C16H10N4O/c1-3-7-13-11(5-1)17-9-15(19-13)21-16-10-18-12-6-2-4-8-14(12)20-16/h1-10H. The van der Waals surface area contributed by atoms with Gasteiger partial charge >= 0.3 is 0 Å². The topological polar surface area (TPSA) is 60.8 Å². The molecule has 4 rings (SSSR count). The highest BCUT2D eigenvalue weighted by Gasteiger charge is 2.04. The molecule has 0 saturated carbocycles. The third-order valence-electron chi connectivity index (χ3n) is 3.06. The van der Waals surface area contributed by atoms with Crippen LogP contribution >= 0.6 is 0 Å². The minimum Gasteiger partial charge on any atom is -0.417 e. The lowest BCUT2D eigenvalue weighted by Gasteiger charge is -2.05. The number of ether oxygens (including phenoxy) is 1. The molecule has 0 aliphatic carbocycles. The zero-order chi connectivity index (χ0) is 14.1. The van der Waals surface area contributed by atoms with E-state index >= 15 is 0 Å². The van der Waals surface area contributed by atoms with Gasteiger partial charge in [0, 0.05) is 0 Å². The highest BCUT2D eigenvalue weighted by atomic mass is 16.5. The van der Waals surface area contributed by atoms with Crippen LogP contribution in [0.4, 0.5) is 0 Å². The van der Waals surface area contributed by atoms with Gasteiger partial charge in [-0.05, 0) is 24.3 Å². The van der Waals surface area contributed by atoms with Crippen molar-refractivity contribution >= 4 is 22.1 Å². The number of aromatic nitrogens is 4. The van der Waals surface area contributed by atoms with Crippen molar-refractivity contribution in [2.75, 3.05) is 0 Å². The van der Waals surface area contributed by atoms with Gasteiger partial charge in [0.1, 0.15) is 0 Å². The maximum Gasteiger partial charge on any atom is 0.240 e. The number of rotatable bonds is 2. The predicted molar refractivity (Wildman–Crippen MR) is 79.2 cm³/mol. The molecule has 2 aromatic heterocycles. The van der Waals surface area contributed by atoms with Gasteiger partial charge in [-0.3, -0.25) is 0 Å². The van der Waals surface area contributed by atoms with E-state index in [4.69, 9.17) is 4.74 Å². The molecular formula is C16H10N4O. The third-order valence-corrected chi connectivity index (χ3v) is 3.06. The van der Waals surface area contributed by atoms with Crippen molar-refractivity contribution in [1.82, 2.24) is 19.9 Å². The van der Waals surface area contributed by atoms with Crippen LogP contribution in [0.5, 0.6) is 11.8 Å². The zero-order valence-electron chi connectivity index (χ0n) is 11.0. The van der Waals surface area contributed by atoms with Gasteiger partial charge in [0.15, 0.2) is 0 Å². The number of para-hydroxylation sites is 4. The molecule has 100 valence electrons. The second kappa shape index (κ2) is 4.79. The highest BCUT2D eigenvalue weighted by Crippen LogP contribution is 2.20. The van der Waals surface area contributed by atoms with Crippen LogP contribution < -0.4 is 4.74 Å². The van der Waals surface area contributed by atoms with Crippen LogP contribution in [0.2, 0.25) is 0 Å². The molecule has 21 heavy (non-hydrogen) atoms. The summed E-state index contributed by atoms with van der Waals surface area (Å²) in [6.45, 7) is 0. The summed E-state index contributed by atoms with van der Waals surface area (Å²) in [5.74, 6) is 0.802. The van der Waals surface area contributed by atoms with Gasteiger partial charge in [0.2, 0.25) is 11.8 Å². The summed E-state index contributed by atoms with van der Waals surface area (Å²) in [5, 5.41) is 0. The molecule has 0 radical (unpaired) electrons. The van der Waals surface area contributed by atoms with E-state index in [0.29, 0.717) is 11.8 Å². The van der Waals surface area contributed by atoms with E-state index < -0.39 is 0 Å². The summed E-state index contributed by atoms with van der Waals surface area (Å²) in [5.41, 5.74) is 3.22. The number of benzene rings is 2. The van der Waals surface area contributed by atoms with Gasteiger partial charge in [-0.2, -0.15) is 0 Å². The minimum absolute atomic E-state index is 0.401. The second-order valence-electron chi connectivity index (χ2n) is 4.50. The van der Waals surface area contributed by atoms with Crippen molar-refractivity contribution in [1.29, 1.82) is 0 Å². The Bertz CT molecular complexity index is 862. The molecule has 0 fully saturated rings. The molecular weight excluding hydrogens is 264 g/mol. The third kappa shape index (κ3) is 2.25. The average Bonchev–Trinajstić information content (AvgIpc) is 2.55. The Kier molecular flexibility index (Phi) is 2.67. The van der Waals surface area contributed by atoms with E-state index in [2.05, 4.69) is 19.9 Å². The van der Waals surface area contributed by atoms with Crippen molar-refractivity contribution in [2.45, 2.75) is 0 Å². The fraction of sp³-hybridized carbons (Fsp3) is 0. The SMILES string of the molecule is c1ccc2nc(Oc3cnc4ccccc4n3)cnc2c1. The first kappa shape index (κ1) is 11.7. The van der Waals surface area contributed by atoms with Crippen molar-refractivity contribution in [3.8, 4) is 11.8 Å². The van der Waals surface area contributed by atoms with Crippen molar-refractivity contribution in [3.05, 3.63) is 60.9 Å². The first-order valence-corrected chi connectivity index (χ1v) is 6.50. The lowest BCUT2D eigenvalue weighted by atomic mass is 10.3. The fourth-order valence-corrected chi connectivity index (χ4v) is 2.09. The smallest absolute Gasteiger partial charge is 0.240 e. The van der Waals surface area contributed by atoms with Crippen molar-refractivity contribution < 1.29 is 4.74 Å². The molecule has 5 heteroatoms. The van der Waals surface area contributed by atoms with Gasteiger partial charge in [-0.15, -0.1) is 0 Å². The molecule has 2 aromatic carbocycles. The van der Waals surface area contributed by atoms with E-state index in [1.54, 1.807) is 12.4 Å². The number of nitrogens with zero attached hydrogens (tertiary/aromatic N) is 4. The maximum atomic E-state index is 5.65. The Morgan fingerprint density at radius 2 is 1.00 bits per heavy atom. The molecule has 0 aliphatic rings. The summed E-state index contributed by atoms with van der Waals surface area (Å²) in [7, 11) is 0. The normalized spacial score (nSPS) is 10.9. The molecule has 0 saturated heterocycles. The van der Waals surface area contributed by atoms with Crippen LogP contribution in [0, 0.1) is 0 Å².